The summed E-state index contributed by atoms with van der Waals surface area (Å²) in [6.07, 6.45) is 2.90. The third-order valence-electron chi connectivity index (χ3n) is 3.05. The summed E-state index contributed by atoms with van der Waals surface area (Å²) in [5, 5.41) is 0. The van der Waals surface area contributed by atoms with Gasteiger partial charge in [0.1, 0.15) is 0 Å². The second kappa shape index (κ2) is 4.00. The molecule has 2 rings (SSSR count). The van der Waals surface area contributed by atoms with E-state index in [0.29, 0.717) is 11.5 Å². The molecule has 1 aliphatic heterocycles. The summed E-state index contributed by atoms with van der Waals surface area (Å²) in [6.45, 7) is 3.99. The first kappa shape index (κ1) is 10.7. The van der Waals surface area contributed by atoms with Crippen LogP contribution in [0, 0.1) is 6.92 Å². The fourth-order valence-electron chi connectivity index (χ4n) is 1.81. The number of aryl methyl sites for hydroxylation is 1. The molecule has 0 bridgehead atoms. The Labute approximate surface area is 93.6 Å². The molecule has 0 spiro atoms. The number of nitrogens with zero attached hydrogens (tertiary/aromatic N) is 1. The van der Waals surface area contributed by atoms with E-state index in [-0.39, 0.29) is 5.41 Å². The van der Waals surface area contributed by atoms with Crippen LogP contribution in [0.3, 0.4) is 0 Å². The van der Waals surface area contributed by atoms with Crippen molar-refractivity contribution in [1.29, 1.82) is 0 Å². The molecule has 1 fully saturated rings. The lowest BCUT2D eigenvalue weighted by molar-refractivity contribution is 0.109. The zero-order valence-electron chi connectivity index (χ0n) is 9.08. The Hall–Kier alpha value is -0.770. The molecule has 1 aromatic heterocycles. The Balaban J connectivity index is 2.30. The van der Waals surface area contributed by atoms with Crippen molar-refractivity contribution in [2.24, 2.45) is 0 Å². The summed E-state index contributed by atoms with van der Waals surface area (Å²) in [4.78, 5) is 15.1. The van der Waals surface area contributed by atoms with Crippen LogP contribution in [0.1, 0.15) is 41.9 Å². The van der Waals surface area contributed by atoms with Crippen LogP contribution in [0.5, 0.6) is 0 Å². The highest BCUT2D eigenvalue weighted by Gasteiger charge is 2.34. The van der Waals surface area contributed by atoms with Crippen molar-refractivity contribution < 1.29 is 9.21 Å². The minimum Gasteiger partial charge on any atom is -0.437 e. The molecule has 3 nitrogen and oxygen atoms in total. The van der Waals surface area contributed by atoms with Gasteiger partial charge < -0.3 is 4.42 Å². The van der Waals surface area contributed by atoms with Crippen molar-refractivity contribution in [3.63, 3.8) is 0 Å². The number of rotatable bonds is 2. The summed E-state index contributed by atoms with van der Waals surface area (Å²) in [7, 11) is 0. The van der Waals surface area contributed by atoms with E-state index in [9.17, 15) is 4.79 Å². The summed E-state index contributed by atoms with van der Waals surface area (Å²) in [6, 6.07) is 0. The molecule has 0 amide bonds. The predicted octanol–water partition coefficient (Wildman–Crippen LogP) is 2.58. The van der Waals surface area contributed by atoms with E-state index in [4.69, 9.17) is 4.42 Å². The number of carbonyl (C=O) groups is 1. The van der Waals surface area contributed by atoms with Crippen molar-refractivity contribution in [1.82, 2.24) is 4.98 Å². The molecule has 1 aliphatic rings. The standard InChI is InChI=1S/C11H15NO2S/c1-8-9(7-13)14-10(12-8)11(2)3-5-15-6-4-11/h7H,3-6H2,1-2H3. The van der Waals surface area contributed by atoms with Gasteiger partial charge in [-0.15, -0.1) is 0 Å². The van der Waals surface area contributed by atoms with E-state index in [1.807, 2.05) is 18.7 Å². The number of thioether (sulfide) groups is 1. The molecule has 0 atom stereocenters. The zero-order valence-corrected chi connectivity index (χ0v) is 9.89. The van der Waals surface area contributed by atoms with Gasteiger partial charge in [-0.05, 0) is 31.3 Å². The molecule has 4 heteroatoms. The largest absolute Gasteiger partial charge is 0.437 e. The average Bonchev–Trinajstić information content (AvgIpc) is 2.61. The summed E-state index contributed by atoms with van der Waals surface area (Å²) in [5.41, 5.74) is 0.733. The second-order valence-electron chi connectivity index (χ2n) is 4.26. The Morgan fingerprint density at radius 3 is 2.67 bits per heavy atom. The fourth-order valence-corrected chi connectivity index (χ4v) is 3.21. The highest BCUT2D eigenvalue weighted by atomic mass is 32.2. The third-order valence-corrected chi connectivity index (χ3v) is 4.04. The lowest BCUT2D eigenvalue weighted by atomic mass is 9.84. The molecule has 0 saturated carbocycles. The minimum absolute atomic E-state index is 0.0251. The number of carbonyl (C=O) groups excluding carboxylic acids is 1. The molecular weight excluding hydrogens is 210 g/mol. The second-order valence-corrected chi connectivity index (χ2v) is 5.48. The van der Waals surface area contributed by atoms with Gasteiger partial charge in [-0.25, -0.2) is 4.98 Å². The van der Waals surface area contributed by atoms with Gasteiger partial charge in [0.25, 0.3) is 0 Å². The highest BCUT2D eigenvalue weighted by Crippen LogP contribution is 2.37. The van der Waals surface area contributed by atoms with Gasteiger partial charge >= 0.3 is 0 Å². The van der Waals surface area contributed by atoms with E-state index in [2.05, 4.69) is 11.9 Å². The van der Waals surface area contributed by atoms with E-state index >= 15 is 0 Å². The Kier molecular flexibility index (Phi) is 2.87. The molecule has 0 aliphatic carbocycles. The molecular formula is C11H15NO2S. The van der Waals surface area contributed by atoms with Gasteiger partial charge in [0.2, 0.25) is 5.89 Å². The van der Waals surface area contributed by atoms with Crippen LogP contribution in [0.15, 0.2) is 4.42 Å². The maximum atomic E-state index is 10.7. The zero-order chi connectivity index (χ0) is 10.9. The van der Waals surface area contributed by atoms with Crippen molar-refractivity contribution in [2.45, 2.75) is 32.1 Å². The van der Waals surface area contributed by atoms with Crippen LogP contribution in [-0.2, 0) is 5.41 Å². The molecule has 2 heterocycles. The lowest BCUT2D eigenvalue weighted by Gasteiger charge is -2.29. The lowest BCUT2D eigenvalue weighted by Crippen LogP contribution is -2.27. The van der Waals surface area contributed by atoms with E-state index in [1.165, 1.54) is 0 Å². The van der Waals surface area contributed by atoms with E-state index < -0.39 is 0 Å². The summed E-state index contributed by atoms with van der Waals surface area (Å²) in [5.74, 6) is 3.41. The van der Waals surface area contributed by atoms with Crippen LogP contribution < -0.4 is 0 Å². The van der Waals surface area contributed by atoms with Crippen molar-refractivity contribution >= 4 is 18.0 Å². The monoisotopic (exact) mass is 225 g/mol. The van der Waals surface area contributed by atoms with Gasteiger partial charge in [-0.1, -0.05) is 6.92 Å². The maximum Gasteiger partial charge on any atom is 0.201 e. The maximum absolute atomic E-state index is 10.7. The Morgan fingerprint density at radius 1 is 1.47 bits per heavy atom. The number of aldehydes is 1. The average molecular weight is 225 g/mol. The van der Waals surface area contributed by atoms with Crippen LogP contribution >= 0.6 is 11.8 Å². The van der Waals surface area contributed by atoms with Crippen LogP contribution in [0.4, 0.5) is 0 Å². The van der Waals surface area contributed by atoms with Crippen molar-refractivity contribution in [3.05, 3.63) is 17.3 Å². The predicted molar refractivity (Wildman–Crippen MR) is 60.5 cm³/mol. The number of hydrogen-bond donors (Lipinski definition) is 0. The fraction of sp³-hybridized carbons (Fsp3) is 0.636. The molecule has 1 saturated heterocycles. The van der Waals surface area contributed by atoms with E-state index in [0.717, 1.165) is 36.5 Å². The van der Waals surface area contributed by atoms with Gasteiger partial charge in [-0.3, -0.25) is 4.79 Å². The van der Waals surface area contributed by atoms with Crippen molar-refractivity contribution in [3.8, 4) is 0 Å². The first-order valence-electron chi connectivity index (χ1n) is 5.16. The molecule has 1 aromatic rings. The topological polar surface area (TPSA) is 43.1 Å². The molecule has 82 valence electrons. The molecule has 0 radical (unpaired) electrons. The SMILES string of the molecule is Cc1nc(C2(C)CCSCC2)oc1C=O. The smallest absolute Gasteiger partial charge is 0.201 e. The first-order chi connectivity index (χ1) is 7.15. The third kappa shape index (κ3) is 1.95. The van der Waals surface area contributed by atoms with Crippen LogP contribution in [0.2, 0.25) is 0 Å². The number of aromatic nitrogens is 1. The molecule has 0 N–H and O–H groups in total. The molecule has 0 unspecified atom stereocenters. The minimum atomic E-state index is 0.0251. The Bertz CT molecular complexity index is 367. The normalized spacial score (nSPS) is 20.1. The number of oxazole rings is 1. The molecule has 0 aromatic carbocycles. The van der Waals surface area contributed by atoms with Gasteiger partial charge in [-0.2, -0.15) is 11.8 Å². The van der Waals surface area contributed by atoms with E-state index in [1.54, 1.807) is 0 Å². The number of hydrogen-bond acceptors (Lipinski definition) is 4. The van der Waals surface area contributed by atoms with Gasteiger partial charge in [0.15, 0.2) is 12.0 Å². The van der Waals surface area contributed by atoms with Gasteiger partial charge in [0, 0.05) is 5.41 Å². The van der Waals surface area contributed by atoms with Crippen LogP contribution in [0.25, 0.3) is 0 Å². The quantitative estimate of drug-likeness (QED) is 0.725. The van der Waals surface area contributed by atoms with Crippen LogP contribution in [-0.4, -0.2) is 22.8 Å². The highest BCUT2D eigenvalue weighted by molar-refractivity contribution is 7.99. The molecule has 15 heavy (non-hydrogen) atoms. The Morgan fingerprint density at radius 2 is 2.13 bits per heavy atom. The van der Waals surface area contributed by atoms with Crippen molar-refractivity contribution in [2.75, 3.05) is 11.5 Å². The summed E-state index contributed by atoms with van der Waals surface area (Å²) < 4.78 is 5.52. The summed E-state index contributed by atoms with van der Waals surface area (Å²) >= 11 is 1.97. The first-order valence-corrected chi connectivity index (χ1v) is 6.32. The van der Waals surface area contributed by atoms with Gasteiger partial charge in [0.05, 0.1) is 5.69 Å².